The van der Waals surface area contributed by atoms with Gasteiger partial charge in [0.05, 0.1) is 6.54 Å². The van der Waals surface area contributed by atoms with E-state index in [0.29, 0.717) is 20.8 Å². The molecule has 0 aliphatic rings. The summed E-state index contributed by atoms with van der Waals surface area (Å²) in [5.41, 5.74) is 1.33. The topological polar surface area (TPSA) is 41.1 Å². The molecule has 0 heterocycles. The second kappa shape index (κ2) is 6.84. The molecular weight excluding hydrogens is 319 g/mol. The summed E-state index contributed by atoms with van der Waals surface area (Å²) in [5.74, 6) is -0.205. The van der Waals surface area contributed by atoms with Crippen LogP contribution in [0, 0.1) is 0 Å². The fraction of sp³-hybridized carbons (Fsp3) is 0.0714. The quantitative estimate of drug-likeness (QED) is 0.854. The third-order valence-electron chi connectivity index (χ3n) is 2.42. The number of benzene rings is 2. The van der Waals surface area contributed by atoms with Crippen LogP contribution in [0.5, 0.6) is 0 Å². The molecule has 0 aliphatic heterocycles. The maximum Gasteiger partial charge on any atom is 0.243 e. The van der Waals surface area contributed by atoms with Crippen molar-refractivity contribution in [3.8, 4) is 0 Å². The van der Waals surface area contributed by atoms with E-state index in [2.05, 4.69) is 10.6 Å². The highest BCUT2D eigenvalue weighted by Gasteiger charge is 2.04. The Balaban J connectivity index is 1.92. The zero-order valence-corrected chi connectivity index (χ0v) is 12.6. The lowest BCUT2D eigenvalue weighted by molar-refractivity contribution is -0.114. The van der Waals surface area contributed by atoms with E-state index < -0.39 is 0 Å². The molecule has 0 aromatic heterocycles. The van der Waals surface area contributed by atoms with Crippen LogP contribution < -0.4 is 10.6 Å². The first-order valence-electron chi connectivity index (χ1n) is 5.78. The van der Waals surface area contributed by atoms with Gasteiger partial charge in [0.2, 0.25) is 5.91 Å². The summed E-state index contributed by atoms with van der Waals surface area (Å²) in [5, 5.41) is 7.22. The highest BCUT2D eigenvalue weighted by atomic mass is 35.5. The molecule has 2 aromatic rings. The van der Waals surface area contributed by atoms with E-state index in [0.717, 1.165) is 5.69 Å². The molecule has 0 aliphatic carbocycles. The Hall–Kier alpha value is -1.42. The number of carbonyl (C=O) groups excluding carboxylic acids is 1. The normalized spacial score (nSPS) is 10.2. The zero-order valence-electron chi connectivity index (χ0n) is 10.3. The van der Waals surface area contributed by atoms with E-state index in [1.807, 2.05) is 6.07 Å². The van der Waals surface area contributed by atoms with Gasteiger partial charge in [-0.1, -0.05) is 40.9 Å². The summed E-state index contributed by atoms with van der Waals surface area (Å²) < 4.78 is 0. The van der Waals surface area contributed by atoms with Crippen LogP contribution in [0.25, 0.3) is 0 Å². The molecule has 3 nitrogen and oxygen atoms in total. The number of hydrogen-bond donors (Lipinski definition) is 2. The molecule has 0 saturated carbocycles. The van der Waals surface area contributed by atoms with Gasteiger partial charge in [-0.3, -0.25) is 4.79 Å². The van der Waals surface area contributed by atoms with Crippen molar-refractivity contribution in [1.29, 1.82) is 0 Å². The number of carbonyl (C=O) groups is 1. The highest BCUT2D eigenvalue weighted by molar-refractivity contribution is 6.35. The van der Waals surface area contributed by atoms with Gasteiger partial charge in [0.1, 0.15) is 0 Å². The predicted octanol–water partition coefficient (Wildman–Crippen LogP) is 4.70. The van der Waals surface area contributed by atoms with Gasteiger partial charge in [0.25, 0.3) is 0 Å². The van der Waals surface area contributed by atoms with Crippen molar-refractivity contribution in [3.63, 3.8) is 0 Å². The van der Waals surface area contributed by atoms with Crippen LogP contribution in [0.4, 0.5) is 11.4 Å². The van der Waals surface area contributed by atoms with E-state index in [9.17, 15) is 4.79 Å². The van der Waals surface area contributed by atoms with Gasteiger partial charge in [0, 0.05) is 26.4 Å². The number of nitrogens with one attached hydrogen (secondary N) is 2. The Morgan fingerprint density at radius 1 is 0.900 bits per heavy atom. The smallest absolute Gasteiger partial charge is 0.243 e. The van der Waals surface area contributed by atoms with Gasteiger partial charge >= 0.3 is 0 Å². The summed E-state index contributed by atoms with van der Waals surface area (Å²) >= 11 is 17.6. The minimum atomic E-state index is -0.205. The molecule has 20 heavy (non-hydrogen) atoms. The first kappa shape index (κ1) is 15.0. The Morgan fingerprint density at radius 3 is 2.20 bits per heavy atom. The van der Waals surface area contributed by atoms with E-state index in [-0.39, 0.29) is 12.5 Å². The van der Waals surface area contributed by atoms with Crippen molar-refractivity contribution in [2.45, 2.75) is 0 Å². The monoisotopic (exact) mass is 328 g/mol. The minimum Gasteiger partial charge on any atom is -0.376 e. The maximum absolute atomic E-state index is 11.8. The van der Waals surface area contributed by atoms with E-state index in [4.69, 9.17) is 34.8 Å². The number of anilines is 2. The summed E-state index contributed by atoms with van der Waals surface area (Å²) in [4.78, 5) is 11.8. The second-order valence-corrected chi connectivity index (χ2v) is 5.38. The third kappa shape index (κ3) is 4.60. The Kier molecular flexibility index (Phi) is 5.12. The molecular formula is C14H11Cl3N2O. The van der Waals surface area contributed by atoms with E-state index in [1.165, 1.54) is 0 Å². The molecule has 0 bridgehead atoms. The Morgan fingerprint density at radius 2 is 1.55 bits per heavy atom. The Labute approximate surface area is 131 Å². The fourth-order valence-corrected chi connectivity index (χ4v) is 2.33. The van der Waals surface area contributed by atoms with E-state index >= 15 is 0 Å². The van der Waals surface area contributed by atoms with Crippen LogP contribution in [0.15, 0.2) is 42.5 Å². The van der Waals surface area contributed by atoms with Crippen molar-refractivity contribution in [3.05, 3.63) is 57.5 Å². The number of amides is 1. The summed E-state index contributed by atoms with van der Waals surface area (Å²) in [6.07, 6.45) is 0. The van der Waals surface area contributed by atoms with Crippen molar-refractivity contribution >= 4 is 52.1 Å². The molecule has 2 rings (SSSR count). The van der Waals surface area contributed by atoms with Crippen molar-refractivity contribution < 1.29 is 4.79 Å². The lowest BCUT2D eigenvalue weighted by Crippen LogP contribution is -2.21. The summed E-state index contributed by atoms with van der Waals surface area (Å²) in [7, 11) is 0. The molecule has 1 amide bonds. The molecule has 0 spiro atoms. The van der Waals surface area contributed by atoms with Crippen molar-refractivity contribution in [2.24, 2.45) is 0 Å². The van der Waals surface area contributed by atoms with Crippen LogP contribution in [0.2, 0.25) is 15.1 Å². The maximum atomic E-state index is 11.8. The van der Waals surface area contributed by atoms with Gasteiger partial charge in [-0.05, 0) is 36.4 Å². The molecule has 2 aromatic carbocycles. The first-order valence-corrected chi connectivity index (χ1v) is 6.92. The molecule has 0 unspecified atom stereocenters. The highest BCUT2D eigenvalue weighted by Crippen LogP contribution is 2.22. The molecule has 104 valence electrons. The molecule has 0 radical (unpaired) electrons. The molecule has 6 heteroatoms. The fourth-order valence-electron chi connectivity index (χ4n) is 1.61. The minimum absolute atomic E-state index is 0.116. The average molecular weight is 330 g/mol. The van der Waals surface area contributed by atoms with Gasteiger partial charge in [-0.25, -0.2) is 0 Å². The molecule has 2 N–H and O–H groups in total. The van der Waals surface area contributed by atoms with Gasteiger partial charge in [-0.15, -0.1) is 0 Å². The van der Waals surface area contributed by atoms with Crippen LogP contribution in [0.3, 0.4) is 0 Å². The summed E-state index contributed by atoms with van der Waals surface area (Å²) in [6, 6.07) is 12.0. The standard InChI is InChI=1S/C14H11Cl3N2O/c15-9-2-1-3-12(5-9)18-8-14(20)19-13-6-10(16)4-11(17)7-13/h1-7,18H,8H2,(H,19,20). The van der Waals surface area contributed by atoms with Crippen molar-refractivity contribution in [1.82, 2.24) is 0 Å². The second-order valence-electron chi connectivity index (χ2n) is 4.07. The van der Waals surface area contributed by atoms with Crippen LogP contribution >= 0.6 is 34.8 Å². The molecule has 0 atom stereocenters. The predicted molar refractivity (Wildman–Crippen MR) is 85.0 cm³/mol. The third-order valence-corrected chi connectivity index (χ3v) is 3.10. The molecule has 0 fully saturated rings. The number of rotatable bonds is 4. The van der Waals surface area contributed by atoms with Gasteiger partial charge in [-0.2, -0.15) is 0 Å². The number of hydrogen-bond acceptors (Lipinski definition) is 2. The largest absolute Gasteiger partial charge is 0.376 e. The van der Waals surface area contributed by atoms with Gasteiger partial charge < -0.3 is 10.6 Å². The zero-order chi connectivity index (χ0) is 14.5. The lowest BCUT2D eigenvalue weighted by Gasteiger charge is -2.08. The van der Waals surface area contributed by atoms with Crippen LogP contribution in [-0.4, -0.2) is 12.5 Å². The average Bonchev–Trinajstić information content (AvgIpc) is 2.35. The first-order chi connectivity index (χ1) is 9.52. The Bertz CT molecular complexity index is 611. The number of halogens is 3. The van der Waals surface area contributed by atoms with E-state index in [1.54, 1.807) is 36.4 Å². The van der Waals surface area contributed by atoms with Crippen LogP contribution in [-0.2, 0) is 4.79 Å². The summed E-state index contributed by atoms with van der Waals surface area (Å²) in [6.45, 7) is 0.116. The van der Waals surface area contributed by atoms with Gasteiger partial charge in [0.15, 0.2) is 0 Å². The lowest BCUT2D eigenvalue weighted by atomic mass is 10.3. The van der Waals surface area contributed by atoms with Crippen molar-refractivity contribution in [2.75, 3.05) is 17.2 Å². The SMILES string of the molecule is O=C(CNc1cccc(Cl)c1)Nc1cc(Cl)cc(Cl)c1. The van der Waals surface area contributed by atoms with Crippen LogP contribution in [0.1, 0.15) is 0 Å². The molecule has 0 saturated heterocycles.